The Bertz CT molecular complexity index is 876. The van der Waals surface area contributed by atoms with Crippen LogP contribution >= 0.6 is 0 Å². The van der Waals surface area contributed by atoms with Crippen molar-refractivity contribution in [2.45, 2.75) is 19.4 Å². The summed E-state index contributed by atoms with van der Waals surface area (Å²) >= 11 is 0. The lowest BCUT2D eigenvalue weighted by atomic mass is 9.88. The molecule has 1 N–H and O–H groups in total. The highest BCUT2D eigenvalue weighted by Gasteiger charge is 2.26. The predicted molar refractivity (Wildman–Crippen MR) is 97.0 cm³/mol. The molecule has 128 valence electrons. The van der Waals surface area contributed by atoms with Crippen LogP contribution in [-0.4, -0.2) is 28.8 Å². The van der Waals surface area contributed by atoms with E-state index in [-0.39, 0.29) is 17.5 Å². The minimum atomic E-state index is -0.301. The van der Waals surface area contributed by atoms with Crippen LogP contribution in [-0.2, 0) is 6.54 Å². The fourth-order valence-corrected chi connectivity index (χ4v) is 3.71. The smallest absolute Gasteiger partial charge is 0.166 e. The Labute approximate surface area is 146 Å². The van der Waals surface area contributed by atoms with Gasteiger partial charge in [0.1, 0.15) is 5.82 Å². The number of benzene rings is 2. The van der Waals surface area contributed by atoms with Gasteiger partial charge in [0.15, 0.2) is 5.78 Å². The maximum Gasteiger partial charge on any atom is 0.166 e. The summed E-state index contributed by atoms with van der Waals surface area (Å²) in [5.41, 5.74) is 3.09. The van der Waals surface area contributed by atoms with Crippen molar-refractivity contribution in [1.82, 2.24) is 9.88 Å². The van der Waals surface area contributed by atoms with E-state index in [4.69, 9.17) is 0 Å². The lowest BCUT2D eigenvalue weighted by molar-refractivity contribution is 0.0835. The van der Waals surface area contributed by atoms with Crippen LogP contribution in [0.4, 0.5) is 4.39 Å². The monoisotopic (exact) mass is 336 g/mol. The molecule has 0 aliphatic carbocycles. The maximum atomic E-state index is 13.0. The molecule has 2 aromatic carbocycles. The number of piperidine rings is 1. The number of aromatic nitrogens is 1. The number of hydrogen-bond acceptors (Lipinski definition) is 2. The number of halogens is 1. The molecular weight excluding hydrogens is 315 g/mol. The summed E-state index contributed by atoms with van der Waals surface area (Å²) in [6.45, 7) is 2.73. The molecule has 0 spiro atoms. The lowest BCUT2D eigenvalue weighted by Crippen LogP contribution is -2.35. The van der Waals surface area contributed by atoms with E-state index in [2.05, 4.69) is 34.3 Å². The second kappa shape index (κ2) is 6.81. The van der Waals surface area contributed by atoms with Gasteiger partial charge in [0.05, 0.1) is 0 Å². The van der Waals surface area contributed by atoms with Crippen molar-refractivity contribution >= 4 is 16.7 Å². The van der Waals surface area contributed by atoms with Crippen molar-refractivity contribution < 1.29 is 9.18 Å². The van der Waals surface area contributed by atoms with Crippen LogP contribution in [0.1, 0.15) is 28.8 Å². The van der Waals surface area contributed by atoms with Gasteiger partial charge < -0.3 is 4.98 Å². The van der Waals surface area contributed by atoms with Gasteiger partial charge in [-0.1, -0.05) is 18.2 Å². The number of para-hydroxylation sites is 1. The molecule has 0 amide bonds. The summed E-state index contributed by atoms with van der Waals surface area (Å²) in [6, 6.07) is 14.2. The van der Waals surface area contributed by atoms with Gasteiger partial charge in [0, 0.05) is 35.1 Å². The molecule has 0 radical (unpaired) electrons. The van der Waals surface area contributed by atoms with Gasteiger partial charge in [-0.3, -0.25) is 9.69 Å². The first-order valence-electron chi connectivity index (χ1n) is 8.78. The van der Waals surface area contributed by atoms with Gasteiger partial charge in [-0.25, -0.2) is 4.39 Å². The zero-order valence-corrected chi connectivity index (χ0v) is 14.0. The average molecular weight is 336 g/mol. The summed E-state index contributed by atoms with van der Waals surface area (Å²) < 4.78 is 13.0. The molecule has 1 saturated heterocycles. The first-order chi connectivity index (χ1) is 12.2. The molecule has 1 fully saturated rings. The summed E-state index contributed by atoms with van der Waals surface area (Å²) in [5.74, 6) is -0.110. The normalized spacial score (nSPS) is 16.4. The number of ketones is 1. The Morgan fingerprint density at radius 2 is 1.80 bits per heavy atom. The minimum absolute atomic E-state index is 0.0460. The van der Waals surface area contributed by atoms with Gasteiger partial charge in [0.25, 0.3) is 0 Å². The fourth-order valence-electron chi connectivity index (χ4n) is 3.71. The average Bonchev–Trinajstić information content (AvgIpc) is 3.06. The van der Waals surface area contributed by atoms with Crippen LogP contribution in [0.2, 0.25) is 0 Å². The van der Waals surface area contributed by atoms with Gasteiger partial charge in [-0.05, 0) is 61.8 Å². The van der Waals surface area contributed by atoms with Gasteiger partial charge in [-0.2, -0.15) is 0 Å². The molecule has 0 bridgehead atoms. The highest BCUT2D eigenvalue weighted by atomic mass is 19.1. The predicted octanol–water partition coefficient (Wildman–Crippen LogP) is 4.40. The third-order valence-corrected chi connectivity index (χ3v) is 5.16. The molecule has 3 nitrogen and oxygen atoms in total. The van der Waals surface area contributed by atoms with Gasteiger partial charge >= 0.3 is 0 Å². The molecule has 0 saturated carbocycles. The van der Waals surface area contributed by atoms with E-state index in [1.807, 2.05) is 6.07 Å². The Kier molecular flexibility index (Phi) is 4.36. The van der Waals surface area contributed by atoms with Crippen molar-refractivity contribution in [3.05, 3.63) is 71.7 Å². The fraction of sp³-hybridized carbons (Fsp3) is 0.286. The summed E-state index contributed by atoms with van der Waals surface area (Å²) in [6.07, 6.45) is 3.80. The number of nitrogens with zero attached hydrogens (tertiary/aromatic N) is 1. The molecule has 2 heterocycles. The van der Waals surface area contributed by atoms with E-state index in [1.54, 1.807) is 12.1 Å². The van der Waals surface area contributed by atoms with Crippen molar-refractivity contribution in [1.29, 1.82) is 0 Å². The Morgan fingerprint density at radius 1 is 1.08 bits per heavy atom. The van der Waals surface area contributed by atoms with Crippen molar-refractivity contribution in [3.8, 4) is 0 Å². The van der Waals surface area contributed by atoms with Crippen LogP contribution in [0.5, 0.6) is 0 Å². The SMILES string of the molecule is O=C(c1ccc(F)cc1)C1CCN(Cc2c[nH]c3ccccc23)CC1. The third-order valence-electron chi connectivity index (χ3n) is 5.16. The van der Waals surface area contributed by atoms with Crippen LogP contribution < -0.4 is 0 Å². The zero-order valence-electron chi connectivity index (χ0n) is 14.0. The highest BCUT2D eigenvalue weighted by Crippen LogP contribution is 2.25. The summed E-state index contributed by atoms with van der Waals surface area (Å²) in [5, 5.41) is 1.27. The van der Waals surface area contributed by atoms with E-state index in [0.717, 1.165) is 32.5 Å². The first-order valence-corrected chi connectivity index (χ1v) is 8.78. The third kappa shape index (κ3) is 3.35. The van der Waals surface area contributed by atoms with Gasteiger partial charge in [0.2, 0.25) is 0 Å². The molecule has 0 atom stereocenters. The summed E-state index contributed by atoms with van der Waals surface area (Å²) in [4.78, 5) is 18.3. The molecule has 0 unspecified atom stereocenters. The van der Waals surface area contributed by atoms with Gasteiger partial charge in [-0.15, -0.1) is 0 Å². The minimum Gasteiger partial charge on any atom is -0.361 e. The van der Waals surface area contributed by atoms with E-state index in [9.17, 15) is 9.18 Å². The van der Waals surface area contributed by atoms with Crippen LogP contribution in [0.25, 0.3) is 10.9 Å². The molecule has 1 aliphatic rings. The van der Waals surface area contributed by atoms with E-state index in [0.29, 0.717) is 5.56 Å². The zero-order chi connectivity index (χ0) is 17.2. The number of rotatable bonds is 4. The molecule has 1 aliphatic heterocycles. The maximum absolute atomic E-state index is 13.0. The van der Waals surface area contributed by atoms with Crippen molar-refractivity contribution in [3.63, 3.8) is 0 Å². The molecule has 3 aromatic rings. The van der Waals surface area contributed by atoms with Crippen LogP contribution in [0.15, 0.2) is 54.7 Å². The number of hydrogen-bond donors (Lipinski definition) is 1. The molecule has 1 aromatic heterocycles. The Balaban J connectivity index is 1.38. The quantitative estimate of drug-likeness (QED) is 0.717. The van der Waals surface area contributed by atoms with Crippen molar-refractivity contribution in [2.75, 3.05) is 13.1 Å². The number of fused-ring (bicyclic) bond motifs is 1. The van der Waals surface area contributed by atoms with Crippen LogP contribution in [0, 0.1) is 11.7 Å². The van der Waals surface area contributed by atoms with Crippen molar-refractivity contribution in [2.24, 2.45) is 5.92 Å². The second-order valence-corrected chi connectivity index (χ2v) is 6.78. The number of nitrogens with one attached hydrogen (secondary N) is 1. The summed E-state index contributed by atoms with van der Waals surface area (Å²) in [7, 11) is 0. The number of Topliss-reactive ketones (excluding diaryl/α,β-unsaturated/α-hetero) is 1. The molecule has 25 heavy (non-hydrogen) atoms. The topological polar surface area (TPSA) is 36.1 Å². The standard InChI is InChI=1S/C21H21FN2O/c22-18-7-5-15(6-8-18)21(25)16-9-11-24(12-10-16)14-17-13-23-20-4-2-1-3-19(17)20/h1-8,13,16,23H,9-12,14H2. The number of H-pyrrole nitrogens is 1. The first kappa shape index (κ1) is 16.0. The lowest BCUT2D eigenvalue weighted by Gasteiger charge is -2.31. The van der Waals surface area contributed by atoms with E-state index >= 15 is 0 Å². The Hall–Kier alpha value is -2.46. The Morgan fingerprint density at radius 3 is 2.56 bits per heavy atom. The van der Waals surface area contributed by atoms with E-state index < -0.39 is 0 Å². The highest BCUT2D eigenvalue weighted by molar-refractivity contribution is 5.97. The second-order valence-electron chi connectivity index (χ2n) is 6.78. The number of aromatic amines is 1. The number of likely N-dealkylation sites (tertiary alicyclic amines) is 1. The number of carbonyl (C=O) groups is 1. The number of carbonyl (C=O) groups excluding carboxylic acids is 1. The largest absolute Gasteiger partial charge is 0.361 e. The molecule has 4 heteroatoms. The van der Waals surface area contributed by atoms with E-state index in [1.165, 1.54) is 28.6 Å². The molecule has 4 rings (SSSR count). The van der Waals surface area contributed by atoms with Crippen LogP contribution in [0.3, 0.4) is 0 Å². The molecular formula is C21H21FN2O.